The van der Waals surface area contributed by atoms with Crippen molar-refractivity contribution in [1.29, 1.82) is 5.26 Å². The van der Waals surface area contributed by atoms with Gasteiger partial charge in [0.25, 0.3) is 5.56 Å². The summed E-state index contributed by atoms with van der Waals surface area (Å²) >= 11 is 6.19. The highest BCUT2D eigenvalue weighted by molar-refractivity contribution is 6.30. The van der Waals surface area contributed by atoms with Crippen LogP contribution in [0.4, 0.5) is 0 Å². The van der Waals surface area contributed by atoms with E-state index in [2.05, 4.69) is 39.0 Å². The zero-order valence-electron chi connectivity index (χ0n) is 21.9. The standard InChI is InChI=1S/C34H26ClN3O/c1-34(2,3)24-15-13-22(14-16-24)30-27(21-36)31(23-9-5-4-6-10-23)38-29-12-8-7-11-28(29)37(33(39)32(30)38)26-19-17-25(35)18-20-26/h4-20H,1-3H3. The van der Waals surface area contributed by atoms with Gasteiger partial charge in [-0.2, -0.15) is 5.26 Å². The molecule has 0 N–H and O–H groups in total. The summed E-state index contributed by atoms with van der Waals surface area (Å²) in [6, 6.07) is 35.5. The first-order valence-electron chi connectivity index (χ1n) is 12.8. The molecule has 0 saturated heterocycles. The van der Waals surface area contributed by atoms with E-state index in [9.17, 15) is 10.1 Å². The normalized spacial score (nSPS) is 11.7. The molecule has 2 aromatic heterocycles. The summed E-state index contributed by atoms with van der Waals surface area (Å²) in [5.41, 5.74) is 7.20. The maximum atomic E-state index is 14.6. The highest BCUT2D eigenvalue weighted by Crippen LogP contribution is 2.39. The molecular formula is C34H26ClN3O. The van der Waals surface area contributed by atoms with Crippen molar-refractivity contribution in [2.45, 2.75) is 26.2 Å². The van der Waals surface area contributed by atoms with E-state index < -0.39 is 0 Å². The fourth-order valence-corrected chi connectivity index (χ4v) is 5.44. The van der Waals surface area contributed by atoms with E-state index in [-0.39, 0.29) is 11.0 Å². The molecule has 0 radical (unpaired) electrons. The molecule has 2 heterocycles. The average molecular weight is 528 g/mol. The summed E-state index contributed by atoms with van der Waals surface area (Å²) in [5.74, 6) is 0. The molecule has 0 spiro atoms. The summed E-state index contributed by atoms with van der Waals surface area (Å²) in [4.78, 5) is 14.6. The third-order valence-electron chi connectivity index (χ3n) is 7.22. The Bertz CT molecular complexity index is 1950. The number of fused-ring (bicyclic) bond motifs is 3. The minimum Gasteiger partial charge on any atom is -0.301 e. The van der Waals surface area contributed by atoms with Gasteiger partial charge in [0, 0.05) is 16.3 Å². The number of hydrogen-bond donors (Lipinski definition) is 0. The Hall–Kier alpha value is -4.59. The van der Waals surface area contributed by atoms with Crippen molar-refractivity contribution in [3.8, 4) is 34.1 Å². The average Bonchev–Trinajstić information content (AvgIpc) is 3.30. The number of nitriles is 1. The van der Waals surface area contributed by atoms with E-state index >= 15 is 0 Å². The van der Waals surface area contributed by atoms with E-state index in [1.165, 1.54) is 5.56 Å². The minimum atomic E-state index is -0.204. The van der Waals surface area contributed by atoms with Gasteiger partial charge in [-0.1, -0.05) is 99.1 Å². The molecule has 4 nitrogen and oxygen atoms in total. The number of halogens is 1. The number of hydrogen-bond acceptors (Lipinski definition) is 2. The van der Waals surface area contributed by atoms with Crippen molar-refractivity contribution >= 4 is 28.2 Å². The van der Waals surface area contributed by atoms with Gasteiger partial charge in [-0.25, -0.2) is 0 Å². The predicted molar refractivity (Wildman–Crippen MR) is 160 cm³/mol. The number of rotatable bonds is 3. The van der Waals surface area contributed by atoms with Gasteiger partial charge in [0.15, 0.2) is 0 Å². The van der Waals surface area contributed by atoms with E-state index in [0.29, 0.717) is 33.0 Å². The second-order valence-corrected chi connectivity index (χ2v) is 11.1. The zero-order chi connectivity index (χ0) is 27.3. The van der Waals surface area contributed by atoms with Gasteiger partial charge in [0.2, 0.25) is 0 Å². The van der Waals surface area contributed by atoms with Crippen LogP contribution in [0.3, 0.4) is 0 Å². The lowest BCUT2D eigenvalue weighted by Crippen LogP contribution is -2.22. The molecule has 0 saturated carbocycles. The molecule has 6 rings (SSSR count). The van der Waals surface area contributed by atoms with Crippen molar-refractivity contribution in [2.75, 3.05) is 0 Å². The number of nitrogens with zero attached hydrogens (tertiary/aromatic N) is 3. The molecule has 190 valence electrons. The topological polar surface area (TPSA) is 50.2 Å². The van der Waals surface area contributed by atoms with Crippen LogP contribution in [0.25, 0.3) is 44.6 Å². The van der Waals surface area contributed by atoms with E-state index in [1.54, 1.807) is 16.7 Å². The summed E-state index contributed by atoms with van der Waals surface area (Å²) in [7, 11) is 0. The Morgan fingerprint density at radius 1 is 0.744 bits per heavy atom. The van der Waals surface area contributed by atoms with Gasteiger partial charge in [0.05, 0.1) is 22.3 Å². The summed E-state index contributed by atoms with van der Waals surface area (Å²) in [6.45, 7) is 6.50. The SMILES string of the molecule is CC(C)(C)c1ccc(-c2c(C#N)c(-c3ccccc3)n3c2c(=O)n(-c2ccc(Cl)cc2)c2ccccc23)cc1. The lowest BCUT2D eigenvalue weighted by molar-refractivity contribution is 0.590. The van der Waals surface area contributed by atoms with Crippen LogP contribution < -0.4 is 5.56 Å². The Morgan fingerprint density at radius 3 is 1.97 bits per heavy atom. The van der Waals surface area contributed by atoms with Crippen molar-refractivity contribution in [2.24, 2.45) is 0 Å². The Labute approximate surface area is 232 Å². The maximum Gasteiger partial charge on any atom is 0.280 e. The minimum absolute atomic E-state index is 0.0217. The highest BCUT2D eigenvalue weighted by Gasteiger charge is 2.27. The van der Waals surface area contributed by atoms with Crippen LogP contribution in [0.1, 0.15) is 31.9 Å². The van der Waals surface area contributed by atoms with Gasteiger partial charge in [-0.05, 0) is 58.5 Å². The first-order valence-corrected chi connectivity index (χ1v) is 13.2. The van der Waals surface area contributed by atoms with Crippen molar-refractivity contribution in [1.82, 2.24) is 8.97 Å². The van der Waals surface area contributed by atoms with Crippen molar-refractivity contribution in [3.05, 3.63) is 130 Å². The second-order valence-electron chi connectivity index (χ2n) is 10.7. The third-order valence-corrected chi connectivity index (χ3v) is 7.48. The molecule has 0 amide bonds. The molecule has 0 fully saturated rings. The quantitative estimate of drug-likeness (QED) is 0.232. The van der Waals surface area contributed by atoms with Crippen LogP contribution in [0, 0.1) is 11.3 Å². The van der Waals surface area contributed by atoms with Crippen LogP contribution in [0.15, 0.2) is 108 Å². The van der Waals surface area contributed by atoms with Crippen molar-refractivity contribution in [3.63, 3.8) is 0 Å². The summed E-state index contributed by atoms with van der Waals surface area (Å²) in [5, 5.41) is 11.2. The molecule has 0 aliphatic heterocycles. The lowest BCUT2D eigenvalue weighted by atomic mass is 9.86. The smallest absolute Gasteiger partial charge is 0.280 e. The Balaban J connectivity index is 1.83. The Kier molecular flexibility index (Phi) is 5.90. The predicted octanol–water partition coefficient (Wildman–Crippen LogP) is 8.40. The van der Waals surface area contributed by atoms with Crippen LogP contribution >= 0.6 is 11.6 Å². The van der Waals surface area contributed by atoms with Crippen LogP contribution in [-0.2, 0) is 5.41 Å². The molecule has 6 aromatic rings. The van der Waals surface area contributed by atoms with Gasteiger partial charge in [-0.3, -0.25) is 9.36 Å². The molecule has 39 heavy (non-hydrogen) atoms. The number of aromatic nitrogens is 2. The molecule has 0 aliphatic rings. The molecule has 0 bridgehead atoms. The highest BCUT2D eigenvalue weighted by atomic mass is 35.5. The third kappa shape index (κ3) is 4.03. The molecule has 0 atom stereocenters. The zero-order valence-corrected chi connectivity index (χ0v) is 22.7. The summed E-state index contributed by atoms with van der Waals surface area (Å²) in [6.07, 6.45) is 0. The van der Waals surface area contributed by atoms with Gasteiger partial charge in [0.1, 0.15) is 11.6 Å². The molecule has 0 unspecified atom stereocenters. The van der Waals surface area contributed by atoms with E-state index in [1.807, 2.05) is 83.3 Å². The summed E-state index contributed by atoms with van der Waals surface area (Å²) < 4.78 is 3.68. The molecule has 4 aromatic carbocycles. The van der Waals surface area contributed by atoms with E-state index in [4.69, 9.17) is 11.6 Å². The first kappa shape index (κ1) is 24.7. The molecule has 5 heteroatoms. The number of benzene rings is 4. The van der Waals surface area contributed by atoms with Crippen LogP contribution in [0.5, 0.6) is 0 Å². The first-order chi connectivity index (χ1) is 18.8. The monoisotopic (exact) mass is 527 g/mol. The fraction of sp³-hybridized carbons (Fsp3) is 0.118. The van der Waals surface area contributed by atoms with Crippen LogP contribution in [0.2, 0.25) is 5.02 Å². The fourth-order valence-electron chi connectivity index (χ4n) is 5.32. The maximum absolute atomic E-state index is 14.6. The molecule has 0 aliphatic carbocycles. The van der Waals surface area contributed by atoms with Gasteiger partial charge >= 0.3 is 0 Å². The number of para-hydroxylation sites is 2. The lowest BCUT2D eigenvalue weighted by Gasteiger charge is -2.19. The van der Waals surface area contributed by atoms with E-state index in [0.717, 1.165) is 22.2 Å². The Morgan fingerprint density at radius 2 is 1.36 bits per heavy atom. The molecular weight excluding hydrogens is 502 g/mol. The second kappa shape index (κ2) is 9.31. The van der Waals surface area contributed by atoms with Gasteiger partial charge in [-0.15, -0.1) is 0 Å². The van der Waals surface area contributed by atoms with Crippen LogP contribution in [-0.4, -0.2) is 8.97 Å². The van der Waals surface area contributed by atoms with Crippen molar-refractivity contribution < 1.29 is 0 Å². The largest absolute Gasteiger partial charge is 0.301 e. The van der Waals surface area contributed by atoms with Gasteiger partial charge < -0.3 is 4.40 Å².